The Bertz CT molecular complexity index is 570. The van der Waals surface area contributed by atoms with Crippen molar-refractivity contribution < 1.29 is 5.11 Å². The third-order valence-corrected chi connectivity index (χ3v) is 4.13. The van der Waals surface area contributed by atoms with Gasteiger partial charge in [-0.3, -0.25) is 9.88 Å². The molecule has 6 heteroatoms. The van der Waals surface area contributed by atoms with E-state index in [2.05, 4.69) is 27.0 Å². The van der Waals surface area contributed by atoms with Crippen molar-refractivity contribution in [2.45, 2.75) is 32.5 Å². The molecule has 1 N–H and O–H groups in total. The lowest BCUT2D eigenvalue weighted by Crippen LogP contribution is -2.23. The summed E-state index contributed by atoms with van der Waals surface area (Å²) in [7, 11) is 0. The Morgan fingerprint density at radius 1 is 1.29 bits per heavy atom. The zero-order valence-corrected chi connectivity index (χ0v) is 12.3. The Morgan fingerprint density at radius 3 is 2.86 bits per heavy atom. The molecule has 0 amide bonds. The first-order valence-corrected chi connectivity index (χ1v) is 7.42. The Labute approximate surface area is 124 Å². The zero-order chi connectivity index (χ0) is 14.7. The molecule has 6 nitrogen and oxygen atoms in total. The molecule has 0 radical (unpaired) electrons. The highest BCUT2D eigenvalue weighted by atomic mass is 16.3. The van der Waals surface area contributed by atoms with Crippen molar-refractivity contribution in [3.63, 3.8) is 0 Å². The van der Waals surface area contributed by atoms with Crippen LogP contribution in [-0.2, 0) is 19.5 Å². The van der Waals surface area contributed by atoms with E-state index in [1.807, 2.05) is 16.7 Å². The Balaban J connectivity index is 1.61. The van der Waals surface area contributed by atoms with Crippen LogP contribution in [0.3, 0.4) is 0 Å². The smallest absolute Gasteiger partial charge is 0.146 e. The summed E-state index contributed by atoms with van der Waals surface area (Å²) in [5.41, 5.74) is 1.23. The lowest BCUT2D eigenvalue weighted by atomic mass is 9.97. The van der Waals surface area contributed by atoms with Crippen molar-refractivity contribution in [2.75, 3.05) is 13.1 Å². The summed E-state index contributed by atoms with van der Waals surface area (Å²) in [4.78, 5) is 6.29. The van der Waals surface area contributed by atoms with E-state index >= 15 is 0 Å². The van der Waals surface area contributed by atoms with Crippen LogP contribution in [0.15, 0.2) is 30.9 Å². The molecular weight excluding hydrogens is 266 g/mol. The molecule has 112 valence electrons. The molecule has 1 saturated heterocycles. The van der Waals surface area contributed by atoms with Crippen LogP contribution in [0.1, 0.15) is 18.3 Å². The number of aromatic nitrogens is 4. The fourth-order valence-corrected chi connectivity index (χ4v) is 2.96. The first-order valence-electron chi connectivity index (χ1n) is 7.42. The number of aliphatic hydroxyl groups is 1. The highest BCUT2D eigenvalue weighted by molar-refractivity contribution is 5.11. The van der Waals surface area contributed by atoms with Gasteiger partial charge >= 0.3 is 0 Å². The van der Waals surface area contributed by atoms with Gasteiger partial charge in [0.15, 0.2) is 0 Å². The molecule has 3 heterocycles. The minimum Gasteiger partial charge on any atom is -0.391 e. The van der Waals surface area contributed by atoms with E-state index in [1.165, 1.54) is 5.56 Å². The molecule has 21 heavy (non-hydrogen) atoms. The normalized spacial score (nSPS) is 22.8. The van der Waals surface area contributed by atoms with Gasteiger partial charge in [0.1, 0.15) is 12.2 Å². The topological polar surface area (TPSA) is 67.1 Å². The molecule has 1 fully saturated rings. The monoisotopic (exact) mass is 287 g/mol. The molecule has 0 unspecified atom stereocenters. The predicted molar refractivity (Wildman–Crippen MR) is 78.4 cm³/mol. The number of hydrogen-bond donors (Lipinski definition) is 1. The number of β-amino-alcohol motifs (C(OH)–C–C–N with tert-alkyl or cyclic N) is 1. The van der Waals surface area contributed by atoms with Crippen molar-refractivity contribution in [3.05, 3.63) is 42.2 Å². The summed E-state index contributed by atoms with van der Waals surface area (Å²) in [5, 5.41) is 18.4. The number of aliphatic hydroxyl groups excluding tert-OH is 1. The summed E-state index contributed by atoms with van der Waals surface area (Å²) in [6.45, 7) is 5.29. The van der Waals surface area contributed by atoms with Crippen LogP contribution in [0.5, 0.6) is 0 Å². The molecule has 1 aliphatic heterocycles. The molecule has 0 bridgehead atoms. The molecule has 2 atom stereocenters. The average Bonchev–Trinajstić information content (AvgIpc) is 3.07. The van der Waals surface area contributed by atoms with Crippen LogP contribution in [0.2, 0.25) is 0 Å². The standard InChI is InChI=1S/C15H21N5O/c1-2-20-11-17-18-15(20)10-19-8-13(14(21)9-19)7-12-3-5-16-6-4-12/h3-6,11,13-14,21H,2,7-10H2,1H3/t13-,14+/m1/s1. The third-order valence-electron chi connectivity index (χ3n) is 4.13. The van der Waals surface area contributed by atoms with E-state index in [-0.39, 0.29) is 12.0 Å². The van der Waals surface area contributed by atoms with E-state index in [0.29, 0.717) is 6.54 Å². The van der Waals surface area contributed by atoms with Gasteiger partial charge in [-0.2, -0.15) is 0 Å². The SMILES string of the molecule is CCn1cnnc1CN1C[C@@H](Cc2ccncc2)[C@@H](O)C1. The van der Waals surface area contributed by atoms with Crippen LogP contribution < -0.4 is 0 Å². The molecule has 0 saturated carbocycles. The molecule has 1 aliphatic rings. The minimum absolute atomic E-state index is 0.269. The summed E-state index contributed by atoms with van der Waals surface area (Å²) >= 11 is 0. The van der Waals surface area contributed by atoms with Gasteiger partial charge in [-0.1, -0.05) is 0 Å². The lowest BCUT2D eigenvalue weighted by molar-refractivity contribution is 0.140. The summed E-state index contributed by atoms with van der Waals surface area (Å²) < 4.78 is 2.04. The van der Waals surface area contributed by atoms with E-state index in [9.17, 15) is 5.11 Å². The van der Waals surface area contributed by atoms with Gasteiger partial charge in [-0.25, -0.2) is 0 Å². The third kappa shape index (κ3) is 3.28. The van der Waals surface area contributed by atoms with Crippen LogP contribution >= 0.6 is 0 Å². The predicted octanol–water partition coefficient (Wildman–Crippen LogP) is 0.728. The quantitative estimate of drug-likeness (QED) is 0.878. The Morgan fingerprint density at radius 2 is 2.10 bits per heavy atom. The highest BCUT2D eigenvalue weighted by Crippen LogP contribution is 2.22. The maximum atomic E-state index is 10.3. The van der Waals surface area contributed by atoms with Crippen LogP contribution in [0.4, 0.5) is 0 Å². The van der Waals surface area contributed by atoms with E-state index in [4.69, 9.17) is 0 Å². The van der Waals surface area contributed by atoms with Gasteiger partial charge in [0.05, 0.1) is 12.6 Å². The van der Waals surface area contributed by atoms with Crippen molar-refractivity contribution in [1.82, 2.24) is 24.6 Å². The first kappa shape index (κ1) is 14.2. The van der Waals surface area contributed by atoms with Gasteiger partial charge in [0, 0.05) is 37.9 Å². The van der Waals surface area contributed by atoms with E-state index in [1.54, 1.807) is 18.7 Å². The number of hydrogen-bond acceptors (Lipinski definition) is 5. The molecule has 3 rings (SSSR count). The number of likely N-dealkylation sites (tertiary alicyclic amines) is 1. The largest absolute Gasteiger partial charge is 0.391 e. The summed E-state index contributed by atoms with van der Waals surface area (Å²) in [6, 6.07) is 4.03. The van der Waals surface area contributed by atoms with Crippen molar-refractivity contribution in [3.8, 4) is 0 Å². The van der Waals surface area contributed by atoms with Crippen LogP contribution in [-0.4, -0.2) is 48.9 Å². The zero-order valence-electron chi connectivity index (χ0n) is 12.3. The van der Waals surface area contributed by atoms with Gasteiger partial charge in [0.25, 0.3) is 0 Å². The maximum Gasteiger partial charge on any atom is 0.146 e. The van der Waals surface area contributed by atoms with E-state index < -0.39 is 0 Å². The van der Waals surface area contributed by atoms with E-state index in [0.717, 1.165) is 31.9 Å². The number of pyridine rings is 1. The molecule has 0 aliphatic carbocycles. The summed E-state index contributed by atoms with van der Waals surface area (Å²) in [6.07, 6.45) is 5.98. The fraction of sp³-hybridized carbons (Fsp3) is 0.533. The Kier molecular flexibility index (Phi) is 4.26. The van der Waals surface area contributed by atoms with Gasteiger partial charge in [-0.05, 0) is 31.0 Å². The molecule has 0 aromatic carbocycles. The molecule has 2 aromatic rings. The minimum atomic E-state index is -0.281. The van der Waals surface area contributed by atoms with Gasteiger partial charge in [0.2, 0.25) is 0 Å². The van der Waals surface area contributed by atoms with Gasteiger partial charge < -0.3 is 9.67 Å². The molecule has 0 spiro atoms. The highest BCUT2D eigenvalue weighted by Gasteiger charge is 2.31. The van der Waals surface area contributed by atoms with Crippen molar-refractivity contribution >= 4 is 0 Å². The Hall–Kier alpha value is -1.79. The van der Waals surface area contributed by atoms with Crippen molar-refractivity contribution in [2.24, 2.45) is 5.92 Å². The van der Waals surface area contributed by atoms with Crippen LogP contribution in [0, 0.1) is 5.92 Å². The number of nitrogens with zero attached hydrogens (tertiary/aromatic N) is 5. The molecular formula is C15H21N5O. The maximum absolute atomic E-state index is 10.3. The number of aryl methyl sites for hydroxylation is 1. The fourth-order valence-electron chi connectivity index (χ4n) is 2.96. The summed E-state index contributed by atoms with van der Waals surface area (Å²) in [5.74, 6) is 1.24. The lowest BCUT2D eigenvalue weighted by Gasteiger charge is -2.15. The second-order valence-corrected chi connectivity index (χ2v) is 5.61. The first-order chi connectivity index (χ1) is 10.3. The second-order valence-electron chi connectivity index (χ2n) is 5.61. The average molecular weight is 287 g/mol. The van der Waals surface area contributed by atoms with Crippen molar-refractivity contribution in [1.29, 1.82) is 0 Å². The molecule has 2 aromatic heterocycles. The van der Waals surface area contributed by atoms with Crippen LogP contribution in [0.25, 0.3) is 0 Å². The van der Waals surface area contributed by atoms with Gasteiger partial charge in [-0.15, -0.1) is 10.2 Å². The second kappa shape index (κ2) is 6.32. The number of rotatable bonds is 5.